The van der Waals surface area contributed by atoms with Crippen molar-refractivity contribution >= 4 is 11.9 Å². The first-order valence-corrected chi connectivity index (χ1v) is 4.82. The fourth-order valence-corrected chi connectivity index (χ4v) is 1.33. The first-order valence-electron chi connectivity index (χ1n) is 4.82. The highest BCUT2D eigenvalue weighted by molar-refractivity contribution is 5.90. The van der Waals surface area contributed by atoms with Crippen LogP contribution in [-0.4, -0.2) is 35.5 Å². The van der Waals surface area contributed by atoms with Crippen LogP contribution in [0.4, 0.5) is 0 Å². The Morgan fingerprint density at radius 1 is 1.21 bits per heavy atom. The predicted octanol–water partition coefficient (Wildman–Crippen LogP) is 0.806. The molecular formula is C10H17NO3. The lowest BCUT2D eigenvalue weighted by atomic mass is 9.88. The number of hydrogen-bond donors (Lipinski definition) is 0. The van der Waals surface area contributed by atoms with Gasteiger partial charge in [-0.2, -0.15) is 0 Å². The SMILES string of the molecule is CC(C)C(C)(C)N1CC(=O)OC(=O)C1. The second-order valence-electron chi connectivity index (χ2n) is 4.51. The largest absolute Gasteiger partial charge is 0.391 e. The molecule has 1 heterocycles. The molecule has 1 fully saturated rings. The van der Waals surface area contributed by atoms with Crippen molar-refractivity contribution in [1.29, 1.82) is 0 Å². The molecule has 0 N–H and O–H groups in total. The standard InChI is InChI=1S/C10H17NO3/c1-7(2)10(3,4)11-5-8(12)14-9(13)6-11/h7H,5-6H2,1-4H3. The van der Waals surface area contributed by atoms with Crippen molar-refractivity contribution in [3.63, 3.8) is 0 Å². The minimum atomic E-state index is -0.449. The first kappa shape index (κ1) is 11.2. The molecule has 0 aromatic carbocycles. The zero-order chi connectivity index (χ0) is 10.9. The lowest BCUT2D eigenvalue weighted by molar-refractivity contribution is -0.170. The average Bonchev–Trinajstić information content (AvgIpc) is 2.01. The first-order chi connectivity index (χ1) is 6.34. The normalized spacial score (nSPS) is 20.1. The molecule has 0 radical (unpaired) electrons. The van der Waals surface area contributed by atoms with Crippen LogP contribution in [0.2, 0.25) is 0 Å². The molecule has 0 aromatic rings. The second-order valence-corrected chi connectivity index (χ2v) is 4.51. The van der Waals surface area contributed by atoms with Crippen molar-refractivity contribution in [2.75, 3.05) is 13.1 Å². The molecule has 4 nitrogen and oxygen atoms in total. The topological polar surface area (TPSA) is 46.6 Å². The Balaban J connectivity index is 2.77. The van der Waals surface area contributed by atoms with E-state index in [9.17, 15) is 9.59 Å². The number of hydrogen-bond acceptors (Lipinski definition) is 4. The summed E-state index contributed by atoms with van der Waals surface area (Å²) in [6.45, 7) is 8.62. The van der Waals surface area contributed by atoms with Gasteiger partial charge in [0, 0.05) is 5.54 Å². The monoisotopic (exact) mass is 199 g/mol. The van der Waals surface area contributed by atoms with E-state index >= 15 is 0 Å². The van der Waals surface area contributed by atoms with Crippen LogP contribution in [0, 0.1) is 5.92 Å². The van der Waals surface area contributed by atoms with Crippen LogP contribution in [0.15, 0.2) is 0 Å². The molecule has 0 spiro atoms. The number of carbonyl (C=O) groups is 2. The summed E-state index contributed by atoms with van der Waals surface area (Å²) in [4.78, 5) is 24.0. The molecule has 1 aliphatic rings. The van der Waals surface area contributed by atoms with Crippen molar-refractivity contribution in [3.8, 4) is 0 Å². The van der Waals surface area contributed by atoms with Gasteiger partial charge in [-0.3, -0.25) is 14.5 Å². The van der Waals surface area contributed by atoms with Gasteiger partial charge >= 0.3 is 11.9 Å². The Morgan fingerprint density at radius 3 is 2.00 bits per heavy atom. The Labute approximate surface area is 84.2 Å². The highest BCUT2D eigenvalue weighted by atomic mass is 16.6. The number of ether oxygens (including phenoxy) is 1. The number of cyclic esters (lactones) is 2. The van der Waals surface area contributed by atoms with Crippen molar-refractivity contribution in [1.82, 2.24) is 4.90 Å². The van der Waals surface area contributed by atoms with E-state index < -0.39 is 11.9 Å². The van der Waals surface area contributed by atoms with Crippen LogP contribution in [0.3, 0.4) is 0 Å². The van der Waals surface area contributed by atoms with Gasteiger partial charge in [0.2, 0.25) is 0 Å². The van der Waals surface area contributed by atoms with Gasteiger partial charge in [0.25, 0.3) is 0 Å². The van der Waals surface area contributed by atoms with E-state index in [1.807, 2.05) is 18.7 Å². The van der Waals surface area contributed by atoms with E-state index in [1.54, 1.807) is 0 Å². The minimum Gasteiger partial charge on any atom is -0.391 e. The molecular weight excluding hydrogens is 182 g/mol. The summed E-state index contributed by atoms with van der Waals surface area (Å²) < 4.78 is 4.47. The maximum atomic E-state index is 11.1. The molecule has 0 aromatic heterocycles. The smallest absolute Gasteiger partial charge is 0.327 e. The van der Waals surface area contributed by atoms with Gasteiger partial charge in [0.15, 0.2) is 0 Å². The second kappa shape index (κ2) is 3.69. The van der Waals surface area contributed by atoms with Crippen molar-refractivity contribution in [2.45, 2.75) is 33.2 Å². The van der Waals surface area contributed by atoms with Gasteiger partial charge in [-0.25, -0.2) is 0 Å². The van der Waals surface area contributed by atoms with E-state index in [0.717, 1.165) is 0 Å². The van der Waals surface area contributed by atoms with E-state index in [4.69, 9.17) is 0 Å². The highest BCUT2D eigenvalue weighted by Crippen LogP contribution is 2.25. The van der Waals surface area contributed by atoms with Gasteiger partial charge in [-0.15, -0.1) is 0 Å². The molecule has 0 atom stereocenters. The van der Waals surface area contributed by atoms with Gasteiger partial charge in [0.05, 0.1) is 13.1 Å². The highest BCUT2D eigenvalue weighted by Gasteiger charge is 2.36. The third-order valence-corrected chi connectivity index (χ3v) is 3.10. The molecule has 4 heteroatoms. The van der Waals surface area contributed by atoms with E-state index in [0.29, 0.717) is 5.92 Å². The number of morpholine rings is 1. The average molecular weight is 199 g/mol. The Hall–Kier alpha value is -0.900. The summed E-state index contributed by atoms with van der Waals surface area (Å²) >= 11 is 0. The molecule has 0 saturated carbocycles. The van der Waals surface area contributed by atoms with Gasteiger partial charge in [-0.05, 0) is 19.8 Å². The molecule has 0 unspecified atom stereocenters. The molecule has 0 aliphatic carbocycles. The third-order valence-electron chi connectivity index (χ3n) is 3.10. The van der Waals surface area contributed by atoms with E-state index in [2.05, 4.69) is 18.6 Å². The summed E-state index contributed by atoms with van der Waals surface area (Å²) in [5.41, 5.74) is -0.158. The zero-order valence-corrected chi connectivity index (χ0v) is 9.16. The van der Waals surface area contributed by atoms with Crippen LogP contribution in [-0.2, 0) is 14.3 Å². The van der Waals surface area contributed by atoms with Gasteiger partial charge in [-0.1, -0.05) is 13.8 Å². The molecule has 1 aliphatic heterocycles. The van der Waals surface area contributed by atoms with E-state index in [1.165, 1.54) is 0 Å². The quantitative estimate of drug-likeness (QED) is 0.487. The van der Waals surface area contributed by atoms with Crippen LogP contribution in [0.5, 0.6) is 0 Å². The number of rotatable bonds is 2. The maximum Gasteiger partial charge on any atom is 0.327 e. The van der Waals surface area contributed by atoms with Crippen molar-refractivity contribution in [2.24, 2.45) is 5.92 Å². The maximum absolute atomic E-state index is 11.1. The molecule has 80 valence electrons. The molecule has 0 bridgehead atoms. The van der Waals surface area contributed by atoms with Crippen LogP contribution >= 0.6 is 0 Å². The van der Waals surface area contributed by atoms with E-state index in [-0.39, 0.29) is 18.6 Å². The molecule has 0 amide bonds. The van der Waals surface area contributed by atoms with Gasteiger partial charge < -0.3 is 4.74 Å². The lowest BCUT2D eigenvalue weighted by Gasteiger charge is -2.41. The number of nitrogens with zero attached hydrogens (tertiary/aromatic N) is 1. The summed E-state index contributed by atoms with van der Waals surface area (Å²) in [6, 6.07) is 0. The van der Waals surface area contributed by atoms with Crippen LogP contribution in [0.1, 0.15) is 27.7 Å². The molecule has 1 rings (SSSR count). The zero-order valence-electron chi connectivity index (χ0n) is 9.16. The Kier molecular flexibility index (Phi) is 2.95. The van der Waals surface area contributed by atoms with Crippen LogP contribution < -0.4 is 0 Å². The van der Waals surface area contributed by atoms with Crippen molar-refractivity contribution in [3.05, 3.63) is 0 Å². The lowest BCUT2D eigenvalue weighted by Crippen LogP contribution is -2.55. The van der Waals surface area contributed by atoms with Gasteiger partial charge in [0.1, 0.15) is 0 Å². The van der Waals surface area contributed by atoms with Crippen LogP contribution in [0.25, 0.3) is 0 Å². The number of esters is 2. The summed E-state index contributed by atoms with van der Waals surface area (Å²) in [7, 11) is 0. The molecule has 1 saturated heterocycles. The summed E-state index contributed by atoms with van der Waals surface area (Å²) in [6.07, 6.45) is 0. The fourth-order valence-electron chi connectivity index (χ4n) is 1.33. The molecule has 14 heavy (non-hydrogen) atoms. The fraction of sp³-hybridized carbons (Fsp3) is 0.800. The summed E-state index contributed by atoms with van der Waals surface area (Å²) in [5.74, 6) is -0.522. The Morgan fingerprint density at radius 2 is 1.64 bits per heavy atom. The number of carbonyl (C=O) groups excluding carboxylic acids is 2. The summed E-state index contributed by atoms with van der Waals surface area (Å²) in [5, 5.41) is 0. The Bertz CT molecular complexity index is 242. The predicted molar refractivity (Wildman–Crippen MR) is 51.6 cm³/mol. The van der Waals surface area contributed by atoms with Crippen molar-refractivity contribution < 1.29 is 14.3 Å². The third kappa shape index (κ3) is 2.12. The minimum absolute atomic E-state index is 0.158.